The van der Waals surface area contributed by atoms with Crippen LogP contribution in [0.3, 0.4) is 0 Å². The van der Waals surface area contributed by atoms with Crippen molar-refractivity contribution < 1.29 is 4.74 Å². The number of ether oxygens (including phenoxy) is 1. The molecule has 0 spiro atoms. The molecule has 0 saturated heterocycles. The lowest BCUT2D eigenvalue weighted by molar-refractivity contribution is 0.305. The number of benzene rings is 1. The number of aromatic nitrogens is 2. The minimum Gasteiger partial charge on any atom is -0.497 e. The number of hydrogen-bond donors (Lipinski definition) is 1. The van der Waals surface area contributed by atoms with Crippen LogP contribution in [0.1, 0.15) is 24.1 Å². The van der Waals surface area contributed by atoms with Crippen molar-refractivity contribution in [3.63, 3.8) is 0 Å². The van der Waals surface area contributed by atoms with Crippen molar-refractivity contribution in [3.8, 4) is 5.75 Å². The summed E-state index contributed by atoms with van der Waals surface area (Å²) in [5.74, 6) is 1.76. The number of likely N-dealkylation sites (N-methyl/N-ethyl adjacent to an activating group) is 1. The molecule has 1 heterocycles. The van der Waals surface area contributed by atoms with Crippen LogP contribution in [0.5, 0.6) is 5.75 Å². The normalized spacial score (nSPS) is 12.9. The summed E-state index contributed by atoms with van der Waals surface area (Å²) in [5, 5.41) is 7.68. The highest BCUT2D eigenvalue weighted by Gasteiger charge is 2.16. The van der Waals surface area contributed by atoms with Crippen molar-refractivity contribution in [2.24, 2.45) is 12.0 Å². The standard InChI is InChI=1S/C20H32N6O/c1-7-21-20(25(4)14-16-8-10-18(27-6)11-9-16)22-13-19(24(2)3)17-12-23-26(5)15-17/h8-12,15,19H,7,13-14H2,1-6H3,(H,21,22). The Kier molecular flexibility index (Phi) is 7.67. The summed E-state index contributed by atoms with van der Waals surface area (Å²) in [6, 6.07) is 8.31. The summed E-state index contributed by atoms with van der Waals surface area (Å²) in [7, 11) is 9.81. The van der Waals surface area contributed by atoms with Gasteiger partial charge in [-0.25, -0.2) is 0 Å². The first-order valence-corrected chi connectivity index (χ1v) is 9.22. The van der Waals surface area contributed by atoms with Gasteiger partial charge in [0.1, 0.15) is 5.75 Å². The maximum absolute atomic E-state index is 5.23. The van der Waals surface area contributed by atoms with E-state index in [-0.39, 0.29) is 6.04 Å². The second-order valence-electron chi connectivity index (χ2n) is 6.83. The molecule has 0 saturated carbocycles. The van der Waals surface area contributed by atoms with Gasteiger partial charge in [0.25, 0.3) is 0 Å². The quantitative estimate of drug-likeness (QED) is 0.568. The van der Waals surface area contributed by atoms with Crippen LogP contribution in [0.2, 0.25) is 0 Å². The minimum absolute atomic E-state index is 0.182. The summed E-state index contributed by atoms with van der Waals surface area (Å²) >= 11 is 0. The zero-order valence-corrected chi connectivity index (χ0v) is 17.3. The van der Waals surface area contributed by atoms with Crippen molar-refractivity contribution in [2.45, 2.75) is 19.5 Å². The Bertz CT molecular complexity index is 722. The maximum Gasteiger partial charge on any atom is 0.194 e. The molecule has 0 aliphatic carbocycles. The molecule has 148 valence electrons. The second-order valence-corrected chi connectivity index (χ2v) is 6.83. The van der Waals surface area contributed by atoms with Crippen molar-refractivity contribution in [1.29, 1.82) is 0 Å². The lowest BCUT2D eigenvalue weighted by atomic mass is 10.1. The maximum atomic E-state index is 5.23. The molecule has 7 heteroatoms. The number of nitrogens with one attached hydrogen (secondary N) is 1. The van der Waals surface area contributed by atoms with E-state index in [0.29, 0.717) is 6.54 Å². The van der Waals surface area contributed by atoms with Crippen LogP contribution in [0.4, 0.5) is 0 Å². The van der Waals surface area contributed by atoms with E-state index < -0.39 is 0 Å². The Morgan fingerprint density at radius 3 is 2.48 bits per heavy atom. The van der Waals surface area contributed by atoms with E-state index in [1.807, 2.05) is 36.3 Å². The number of nitrogens with zero attached hydrogens (tertiary/aromatic N) is 5. The molecule has 1 atom stereocenters. The Labute approximate surface area is 162 Å². The molecule has 27 heavy (non-hydrogen) atoms. The lowest BCUT2D eigenvalue weighted by Gasteiger charge is -2.25. The highest BCUT2D eigenvalue weighted by atomic mass is 16.5. The van der Waals surface area contributed by atoms with Gasteiger partial charge in [-0.05, 0) is 38.7 Å². The summed E-state index contributed by atoms with van der Waals surface area (Å²) in [5.41, 5.74) is 2.38. The second kappa shape index (κ2) is 9.97. The van der Waals surface area contributed by atoms with Crippen LogP contribution in [0.25, 0.3) is 0 Å². The van der Waals surface area contributed by atoms with Gasteiger partial charge in [-0.15, -0.1) is 0 Å². The number of aryl methyl sites for hydroxylation is 1. The van der Waals surface area contributed by atoms with Gasteiger partial charge in [0.2, 0.25) is 0 Å². The van der Waals surface area contributed by atoms with Gasteiger partial charge in [-0.2, -0.15) is 5.10 Å². The van der Waals surface area contributed by atoms with Gasteiger partial charge in [0, 0.05) is 38.9 Å². The third kappa shape index (κ3) is 5.99. The molecule has 1 N–H and O–H groups in total. The summed E-state index contributed by atoms with van der Waals surface area (Å²) in [6.07, 6.45) is 3.96. The van der Waals surface area contributed by atoms with Crippen molar-refractivity contribution in [1.82, 2.24) is 24.9 Å². The van der Waals surface area contributed by atoms with E-state index in [0.717, 1.165) is 24.8 Å². The molecule has 2 rings (SSSR count). The first-order chi connectivity index (χ1) is 12.9. The van der Waals surface area contributed by atoms with Gasteiger partial charge in [0.15, 0.2) is 5.96 Å². The molecule has 7 nitrogen and oxygen atoms in total. The summed E-state index contributed by atoms with van der Waals surface area (Å²) < 4.78 is 7.06. The molecular weight excluding hydrogens is 340 g/mol. The molecule has 1 aromatic carbocycles. The molecular formula is C20H32N6O. The first kappa shape index (κ1) is 20.8. The summed E-state index contributed by atoms with van der Waals surface area (Å²) in [4.78, 5) is 9.19. The van der Waals surface area contributed by atoms with E-state index in [4.69, 9.17) is 9.73 Å². The average molecular weight is 373 g/mol. The fourth-order valence-corrected chi connectivity index (χ4v) is 2.90. The molecule has 0 fully saturated rings. The van der Waals surface area contributed by atoms with E-state index >= 15 is 0 Å². The van der Waals surface area contributed by atoms with Crippen molar-refractivity contribution in [2.75, 3.05) is 41.3 Å². The molecule has 0 aliphatic rings. The third-order valence-electron chi connectivity index (χ3n) is 4.42. The Balaban J connectivity index is 2.10. The van der Waals surface area contributed by atoms with E-state index in [9.17, 15) is 0 Å². The predicted octanol–water partition coefficient (Wildman–Crippen LogP) is 2.13. The molecule has 0 aliphatic heterocycles. The Morgan fingerprint density at radius 2 is 1.96 bits per heavy atom. The van der Waals surface area contributed by atoms with E-state index in [2.05, 4.69) is 60.4 Å². The van der Waals surface area contributed by atoms with Crippen LogP contribution in [-0.2, 0) is 13.6 Å². The SMILES string of the molecule is CCNC(=NCC(c1cnn(C)c1)N(C)C)N(C)Cc1ccc(OC)cc1. The van der Waals surface area contributed by atoms with Crippen LogP contribution < -0.4 is 10.1 Å². The Hall–Kier alpha value is -2.54. The average Bonchev–Trinajstić information content (AvgIpc) is 3.07. The molecule has 2 aromatic rings. The number of guanidine groups is 1. The highest BCUT2D eigenvalue weighted by Crippen LogP contribution is 2.18. The molecule has 0 amide bonds. The largest absolute Gasteiger partial charge is 0.497 e. The van der Waals surface area contributed by atoms with Gasteiger partial charge in [-0.3, -0.25) is 9.67 Å². The number of methoxy groups -OCH3 is 1. The number of hydrogen-bond acceptors (Lipinski definition) is 4. The van der Waals surface area contributed by atoms with Crippen LogP contribution in [-0.4, -0.2) is 66.9 Å². The van der Waals surface area contributed by atoms with Gasteiger partial charge < -0.3 is 19.9 Å². The van der Waals surface area contributed by atoms with Crippen LogP contribution in [0.15, 0.2) is 41.7 Å². The third-order valence-corrected chi connectivity index (χ3v) is 4.42. The predicted molar refractivity (Wildman–Crippen MR) is 110 cm³/mol. The topological polar surface area (TPSA) is 57.9 Å². The van der Waals surface area contributed by atoms with Gasteiger partial charge in [-0.1, -0.05) is 12.1 Å². The van der Waals surface area contributed by atoms with Gasteiger partial charge in [0.05, 0.1) is 25.9 Å². The van der Waals surface area contributed by atoms with E-state index in [1.54, 1.807) is 7.11 Å². The lowest BCUT2D eigenvalue weighted by Crippen LogP contribution is -2.39. The van der Waals surface area contributed by atoms with Gasteiger partial charge >= 0.3 is 0 Å². The fraction of sp³-hybridized carbons (Fsp3) is 0.500. The van der Waals surface area contributed by atoms with Crippen LogP contribution >= 0.6 is 0 Å². The minimum atomic E-state index is 0.182. The summed E-state index contributed by atoms with van der Waals surface area (Å²) in [6.45, 7) is 4.34. The number of aliphatic imine (C=N–C) groups is 1. The zero-order valence-electron chi connectivity index (χ0n) is 17.3. The monoisotopic (exact) mass is 372 g/mol. The fourth-order valence-electron chi connectivity index (χ4n) is 2.90. The zero-order chi connectivity index (χ0) is 19.8. The highest BCUT2D eigenvalue weighted by molar-refractivity contribution is 5.79. The van der Waals surface area contributed by atoms with Crippen molar-refractivity contribution in [3.05, 3.63) is 47.8 Å². The molecule has 1 aromatic heterocycles. The molecule has 1 unspecified atom stereocenters. The first-order valence-electron chi connectivity index (χ1n) is 9.22. The number of rotatable bonds is 8. The molecule has 0 radical (unpaired) electrons. The molecule has 0 bridgehead atoms. The smallest absolute Gasteiger partial charge is 0.194 e. The Morgan fingerprint density at radius 1 is 1.26 bits per heavy atom. The van der Waals surface area contributed by atoms with Crippen LogP contribution in [0, 0.1) is 0 Å². The van der Waals surface area contributed by atoms with E-state index in [1.165, 1.54) is 11.1 Å². The van der Waals surface area contributed by atoms with Crippen molar-refractivity contribution >= 4 is 5.96 Å².